The van der Waals surface area contributed by atoms with Crippen LogP contribution in [-0.2, 0) is 9.84 Å². The zero-order chi connectivity index (χ0) is 11.1. The molecule has 0 radical (unpaired) electrons. The molecule has 0 amide bonds. The Labute approximate surface area is 91.2 Å². The van der Waals surface area contributed by atoms with Crippen molar-refractivity contribution in [1.29, 1.82) is 0 Å². The van der Waals surface area contributed by atoms with Crippen molar-refractivity contribution in [3.05, 3.63) is 0 Å². The minimum absolute atomic E-state index is 0.118. The third-order valence-corrected chi connectivity index (χ3v) is 5.50. The first-order valence-corrected chi connectivity index (χ1v) is 7.42. The van der Waals surface area contributed by atoms with E-state index in [0.29, 0.717) is 5.75 Å². The maximum Gasteiger partial charge on any atom is 0.151 e. The summed E-state index contributed by atoms with van der Waals surface area (Å²) in [5.74, 6) is 0.581. The summed E-state index contributed by atoms with van der Waals surface area (Å²) in [5, 5.41) is 9.76. The van der Waals surface area contributed by atoms with E-state index in [2.05, 4.69) is 4.90 Å². The molecular weight excluding hydrogens is 214 g/mol. The number of sulfone groups is 1. The predicted octanol–water partition coefficient (Wildman–Crippen LogP) is 0.0187. The van der Waals surface area contributed by atoms with Crippen molar-refractivity contribution in [2.75, 3.05) is 18.6 Å². The summed E-state index contributed by atoms with van der Waals surface area (Å²) < 4.78 is 22.7. The fraction of sp³-hybridized carbons (Fsp3) is 1.00. The highest BCUT2D eigenvalue weighted by molar-refractivity contribution is 7.91. The molecule has 0 aromatic heterocycles. The SMILES string of the molecule is CN(C1CCS(=O)(=O)C1)[C@H]1CCC[C@@H]1O. The summed E-state index contributed by atoms with van der Waals surface area (Å²) in [7, 11) is -0.862. The highest BCUT2D eigenvalue weighted by Crippen LogP contribution is 2.27. The normalized spacial score (nSPS) is 40.1. The molecule has 0 spiro atoms. The van der Waals surface area contributed by atoms with E-state index in [9.17, 15) is 13.5 Å². The van der Waals surface area contributed by atoms with E-state index in [1.165, 1.54) is 0 Å². The minimum atomic E-state index is -2.81. The molecule has 15 heavy (non-hydrogen) atoms. The summed E-state index contributed by atoms with van der Waals surface area (Å²) in [5.41, 5.74) is 0. The summed E-state index contributed by atoms with van der Waals surface area (Å²) in [6.07, 6.45) is 3.36. The second-order valence-electron chi connectivity index (χ2n) is 4.79. The zero-order valence-electron chi connectivity index (χ0n) is 9.09. The third kappa shape index (κ3) is 2.34. The smallest absolute Gasteiger partial charge is 0.151 e. The third-order valence-electron chi connectivity index (χ3n) is 3.75. The first-order chi connectivity index (χ1) is 6.99. The van der Waals surface area contributed by atoms with Gasteiger partial charge in [-0.1, -0.05) is 0 Å². The summed E-state index contributed by atoms with van der Waals surface area (Å²) in [6.45, 7) is 0. The Kier molecular flexibility index (Phi) is 3.05. The van der Waals surface area contributed by atoms with Gasteiger partial charge < -0.3 is 5.11 Å². The molecule has 1 heterocycles. The van der Waals surface area contributed by atoms with E-state index in [4.69, 9.17) is 0 Å². The van der Waals surface area contributed by atoms with Gasteiger partial charge in [0.25, 0.3) is 0 Å². The largest absolute Gasteiger partial charge is 0.391 e. The molecule has 3 atom stereocenters. The van der Waals surface area contributed by atoms with Crippen LogP contribution in [0.1, 0.15) is 25.7 Å². The van der Waals surface area contributed by atoms with Gasteiger partial charge in [-0.3, -0.25) is 4.90 Å². The standard InChI is InChI=1S/C10H19NO3S/c1-11(9-3-2-4-10(9)12)8-5-6-15(13,14)7-8/h8-10,12H,2-7H2,1H3/t8?,9-,10-/m0/s1. The lowest BCUT2D eigenvalue weighted by molar-refractivity contribution is 0.0673. The topological polar surface area (TPSA) is 57.6 Å². The van der Waals surface area contributed by atoms with Crippen LogP contribution in [0.25, 0.3) is 0 Å². The zero-order valence-corrected chi connectivity index (χ0v) is 9.91. The number of aliphatic hydroxyl groups is 1. The van der Waals surface area contributed by atoms with Crippen molar-refractivity contribution >= 4 is 9.84 Å². The van der Waals surface area contributed by atoms with Crippen LogP contribution < -0.4 is 0 Å². The molecule has 1 saturated heterocycles. The average molecular weight is 233 g/mol. The first-order valence-electron chi connectivity index (χ1n) is 5.60. The fourth-order valence-corrected chi connectivity index (χ4v) is 4.55. The van der Waals surface area contributed by atoms with E-state index in [-0.39, 0.29) is 23.9 Å². The molecule has 4 nitrogen and oxygen atoms in total. The summed E-state index contributed by atoms with van der Waals surface area (Å²) >= 11 is 0. The Bertz CT molecular complexity index is 328. The second kappa shape index (κ2) is 4.03. The first kappa shape index (κ1) is 11.4. The lowest BCUT2D eigenvalue weighted by atomic mass is 10.1. The molecule has 1 saturated carbocycles. The van der Waals surface area contributed by atoms with Crippen LogP contribution in [0.5, 0.6) is 0 Å². The molecule has 1 unspecified atom stereocenters. The molecular formula is C10H19NO3S. The molecule has 88 valence electrons. The van der Waals surface area contributed by atoms with Crippen molar-refractivity contribution in [3.8, 4) is 0 Å². The summed E-state index contributed by atoms with van der Waals surface area (Å²) in [4.78, 5) is 2.09. The van der Waals surface area contributed by atoms with Gasteiger partial charge >= 0.3 is 0 Å². The molecule has 2 aliphatic rings. The van der Waals surface area contributed by atoms with Gasteiger partial charge in [-0.15, -0.1) is 0 Å². The maximum atomic E-state index is 11.4. The van der Waals surface area contributed by atoms with Gasteiger partial charge in [0.05, 0.1) is 17.6 Å². The van der Waals surface area contributed by atoms with E-state index in [1.54, 1.807) is 0 Å². The van der Waals surface area contributed by atoms with Crippen LogP contribution in [0.4, 0.5) is 0 Å². The molecule has 0 bridgehead atoms. The number of rotatable bonds is 2. The van der Waals surface area contributed by atoms with E-state index < -0.39 is 9.84 Å². The molecule has 1 aliphatic heterocycles. The maximum absolute atomic E-state index is 11.4. The van der Waals surface area contributed by atoms with Crippen LogP contribution in [0.15, 0.2) is 0 Å². The van der Waals surface area contributed by atoms with Crippen LogP contribution in [-0.4, -0.2) is 55.2 Å². The van der Waals surface area contributed by atoms with Crippen molar-refractivity contribution < 1.29 is 13.5 Å². The monoisotopic (exact) mass is 233 g/mol. The Hall–Kier alpha value is -0.130. The minimum Gasteiger partial charge on any atom is -0.391 e. The van der Waals surface area contributed by atoms with E-state index >= 15 is 0 Å². The Morgan fingerprint density at radius 1 is 1.27 bits per heavy atom. The lowest BCUT2D eigenvalue weighted by Gasteiger charge is -2.31. The molecule has 1 aliphatic carbocycles. The fourth-order valence-electron chi connectivity index (χ4n) is 2.76. The van der Waals surface area contributed by atoms with Gasteiger partial charge in [0.2, 0.25) is 0 Å². The predicted molar refractivity (Wildman–Crippen MR) is 58.5 cm³/mol. The highest BCUT2D eigenvalue weighted by atomic mass is 32.2. The van der Waals surface area contributed by atoms with Crippen LogP contribution in [0, 0.1) is 0 Å². The van der Waals surface area contributed by atoms with Gasteiger partial charge in [0.1, 0.15) is 0 Å². The molecule has 2 fully saturated rings. The van der Waals surface area contributed by atoms with E-state index in [0.717, 1.165) is 25.7 Å². The van der Waals surface area contributed by atoms with Crippen LogP contribution >= 0.6 is 0 Å². The van der Waals surface area contributed by atoms with E-state index in [1.807, 2.05) is 7.05 Å². The molecule has 0 aromatic carbocycles. The van der Waals surface area contributed by atoms with Crippen molar-refractivity contribution in [3.63, 3.8) is 0 Å². The van der Waals surface area contributed by atoms with Crippen LogP contribution in [0.2, 0.25) is 0 Å². The number of aliphatic hydroxyl groups excluding tert-OH is 1. The number of hydrogen-bond acceptors (Lipinski definition) is 4. The van der Waals surface area contributed by atoms with Crippen molar-refractivity contribution in [1.82, 2.24) is 4.90 Å². The number of likely N-dealkylation sites (N-methyl/N-ethyl adjacent to an activating group) is 1. The molecule has 5 heteroatoms. The Balaban J connectivity index is 2.00. The quantitative estimate of drug-likeness (QED) is 0.730. The van der Waals surface area contributed by atoms with Crippen LogP contribution in [0.3, 0.4) is 0 Å². The molecule has 2 rings (SSSR count). The van der Waals surface area contributed by atoms with Gasteiger partial charge in [-0.05, 0) is 32.7 Å². The van der Waals surface area contributed by atoms with Gasteiger partial charge in [0, 0.05) is 12.1 Å². The van der Waals surface area contributed by atoms with Crippen molar-refractivity contribution in [2.24, 2.45) is 0 Å². The van der Waals surface area contributed by atoms with Crippen molar-refractivity contribution in [2.45, 2.75) is 43.9 Å². The number of hydrogen-bond donors (Lipinski definition) is 1. The van der Waals surface area contributed by atoms with Gasteiger partial charge in [0.15, 0.2) is 9.84 Å². The molecule has 0 aromatic rings. The Morgan fingerprint density at radius 3 is 2.47 bits per heavy atom. The van der Waals surface area contributed by atoms with Gasteiger partial charge in [-0.2, -0.15) is 0 Å². The number of nitrogens with zero attached hydrogens (tertiary/aromatic N) is 1. The molecule has 1 N–H and O–H groups in total. The Morgan fingerprint density at radius 2 is 2.00 bits per heavy atom. The highest BCUT2D eigenvalue weighted by Gasteiger charge is 2.37. The average Bonchev–Trinajstić information content (AvgIpc) is 2.71. The second-order valence-corrected chi connectivity index (χ2v) is 7.02. The summed E-state index contributed by atoms with van der Waals surface area (Å²) in [6, 6.07) is 0.288. The lowest BCUT2D eigenvalue weighted by Crippen LogP contribution is -2.44. The van der Waals surface area contributed by atoms with Gasteiger partial charge in [-0.25, -0.2) is 8.42 Å².